The normalized spacial score (nSPS) is 22.0. The third-order valence-corrected chi connectivity index (χ3v) is 4.09. The molecule has 0 radical (unpaired) electrons. The largest absolute Gasteiger partial charge is 0.416 e. The van der Waals surface area contributed by atoms with E-state index in [1.807, 2.05) is 19.0 Å². The fourth-order valence-electron chi connectivity index (χ4n) is 2.99. The Labute approximate surface area is 130 Å². The molecule has 1 aliphatic rings. The van der Waals surface area contributed by atoms with Crippen LogP contribution in [0.4, 0.5) is 13.2 Å². The van der Waals surface area contributed by atoms with Gasteiger partial charge in [-0.2, -0.15) is 13.2 Å². The summed E-state index contributed by atoms with van der Waals surface area (Å²) in [6, 6.07) is 6.01. The van der Waals surface area contributed by atoms with Crippen LogP contribution in [0.2, 0.25) is 0 Å². The number of rotatable bonds is 4. The topological polar surface area (TPSA) is 18.5 Å². The van der Waals surface area contributed by atoms with Gasteiger partial charge in [0.15, 0.2) is 0 Å². The van der Waals surface area contributed by atoms with Crippen LogP contribution < -0.4 is 5.32 Å². The van der Waals surface area contributed by atoms with Gasteiger partial charge in [0.1, 0.15) is 0 Å². The van der Waals surface area contributed by atoms with Crippen molar-refractivity contribution < 1.29 is 13.2 Å². The first-order valence-electron chi connectivity index (χ1n) is 7.57. The molecular weight excluding hydrogens is 291 g/mol. The number of benzene rings is 1. The summed E-state index contributed by atoms with van der Waals surface area (Å²) in [5.74, 6) is 0. The Balaban J connectivity index is 2.32. The summed E-state index contributed by atoms with van der Waals surface area (Å²) in [4.78, 5) is 4.33. The molecule has 1 saturated heterocycles. The molecule has 1 aromatic carbocycles. The van der Waals surface area contributed by atoms with Crippen molar-refractivity contribution in [2.24, 2.45) is 0 Å². The Hall–Kier alpha value is -1.11. The zero-order valence-corrected chi connectivity index (χ0v) is 13.3. The van der Waals surface area contributed by atoms with E-state index < -0.39 is 11.7 Å². The van der Waals surface area contributed by atoms with Crippen molar-refractivity contribution >= 4 is 0 Å². The SMILES string of the molecule is CC1CNCCN1C(CN(C)C)c1cccc(C(F)(F)F)c1. The van der Waals surface area contributed by atoms with Gasteiger partial charge in [-0.25, -0.2) is 0 Å². The fraction of sp³-hybridized carbons (Fsp3) is 0.625. The molecule has 1 N–H and O–H groups in total. The minimum Gasteiger partial charge on any atom is -0.314 e. The van der Waals surface area contributed by atoms with Crippen molar-refractivity contribution in [1.29, 1.82) is 0 Å². The highest BCUT2D eigenvalue weighted by atomic mass is 19.4. The first-order valence-corrected chi connectivity index (χ1v) is 7.57. The second kappa shape index (κ2) is 6.98. The van der Waals surface area contributed by atoms with Gasteiger partial charge in [-0.1, -0.05) is 12.1 Å². The molecular formula is C16H24F3N3. The van der Waals surface area contributed by atoms with E-state index in [2.05, 4.69) is 17.1 Å². The smallest absolute Gasteiger partial charge is 0.314 e. The second-order valence-corrected chi connectivity index (χ2v) is 6.19. The standard InChI is InChI=1S/C16H24F3N3/c1-12-10-20-7-8-22(12)15(11-21(2)3)13-5-4-6-14(9-13)16(17,18)19/h4-6,9,12,15,20H,7-8,10-11H2,1-3H3. The van der Waals surface area contributed by atoms with Crippen molar-refractivity contribution in [1.82, 2.24) is 15.1 Å². The molecule has 0 amide bonds. The van der Waals surface area contributed by atoms with E-state index in [0.717, 1.165) is 31.3 Å². The Morgan fingerprint density at radius 2 is 2.09 bits per heavy atom. The summed E-state index contributed by atoms with van der Waals surface area (Å²) in [5.41, 5.74) is 0.161. The van der Waals surface area contributed by atoms with E-state index in [-0.39, 0.29) is 6.04 Å². The number of hydrogen-bond acceptors (Lipinski definition) is 3. The van der Waals surface area contributed by atoms with E-state index in [0.29, 0.717) is 12.6 Å². The highest BCUT2D eigenvalue weighted by Crippen LogP contribution is 2.32. The predicted octanol–water partition coefficient (Wildman–Crippen LogP) is 2.60. The molecule has 2 rings (SSSR count). The lowest BCUT2D eigenvalue weighted by Crippen LogP contribution is -2.52. The number of alkyl halides is 3. The zero-order valence-electron chi connectivity index (χ0n) is 13.3. The molecule has 0 saturated carbocycles. The molecule has 0 bridgehead atoms. The molecule has 0 aromatic heterocycles. The summed E-state index contributed by atoms with van der Waals surface area (Å²) in [5, 5.41) is 3.32. The average molecular weight is 315 g/mol. The molecule has 22 heavy (non-hydrogen) atoms. The van der Waals surface area contributed by atoms with Crippen LogP contribution in [0.5, 0.6) is 0 Å². The van der Waals surface area contributed by atoms with Gasteiger partial charge in [-0.3, -0.25) is 4.90 Å². The molecule has 2 atom stereocenters. The predicted molar refractivity (Wildman–Crippen MR) is 81.8 cm³/mol. The molecule has 1 heterocycles. The minimum atomic E-state index is -4.30. The van der Waals surface area contributed by atoms with Gasteiger partial charge >= 0.3 is 6.18 Å². The van der Waals surface area contributed by atoms with E-state index in [1.54, 1.807) is 6.07 Å². The van der Waals surface area contributed by atoms with Crippen LogP contribution in [0.3, 0.4) is 0 Å². The van der Waals surface area contributed by atoms with Crippen molar-refractivity contribution in [3.05, 3.63) is 35.4 Å². The zero-order chi connectivity index (χ0) is 16.3. The molecule has 3 nitrogen and oxygen atoms in total. The monoisotopic (exact) mass is 315 g/mol. The average Bonchev–Trinajstić information content (AvgIpc) is 2.45. The molecule has 1 aromatic rings. The molecule has 2 unspecified atom stereocenters. The van der Waals surface area contributed by atoms with Gasteiger partial charge in [0.2, 0.25) is 0 Å². The number of hydrogen-bond donors (Lipinski definition) is 1. The highest BCUT2D eigenvalue weighted by molar-refractivity contribution is 5.28. The number of nitrogens with one attached hydrogen (secondary N) is 1. The van der Waals surface area contributed by atoms with Crippen LogP contribution in [0.15, 0.2) is 24.3 Å². The van der Waals surface area contributed by atoms with E-state index >= 15 is 0 Å². The first kappa shape index (κ1) is 17.2. The van der Waals surface area contributed by atoms with E-state index in [1.165, 1.54) is 12.1 Å². The number of nitrogens with zero attached hydrogens (tertiary/aromatic N) is 2. The summed E-state index contributed by atoms with van der Waals surface area (Å²) < 4.78 is 38.9. The highest BCUT2D eigenvalue weighted by Gasteiger charge is 2.33. The lowest BCUT2D eigenvalue weighted by Gasteiger charge is -2.41. The molecule has 0 aliphatic carbocycles. The summed E-state index contributed by atoms with van der Waals surface area (Å²) in [6.45, 7) is 5.39. The maximum absolute atomic E-state index is 13.0. The second-order valence-electron chi connectivity index (χ2n) is 6.19. The molecule has 1 aliphatic heterocycles. The van der Waals surface area contributed by atoms with Gasteiger partial charge in [0.25, 0.3) is 0 Å². The maximum Gasteiger partial charge on any atom is 0.416 e. The summed E-state index contributed by atoms with van der Waals surface area (Å²) in [7, 11) is 3.90. The maximum atomic E-state index is 13.0. The third-order valence-electron chi connectivity index (χ3n) is 4.09. The lowest BCUT2D eigenvalue weighted by atomic mass is 9.99. The van der Waals surface area contributed by atoms with Crippen molar-refractivity contribution in [3.63, 3.8) is 0 Å². The third kappa shape index (κ3) is 4.21. The van der Waals surface area contributed by atoms with Gasteiger partial charge in [0.05, 0.1) is 5.56 Å². The minimum absolute atomic E-state index is 0.0330. The van der Waals surface area contributed by atoms with Crippen LogP contribution in [-0.2, 0) is 6.18 Å². The van der Waals surface area contributed by atoms with Crippen LogP contribution in [0, 0.1) is 0 Å². The van der Waals surface area contributed by atoms with Crippen LogP contribution in [-0.4, -0.2) is 56.1 Å². The van der Waals surface area contributed by atoms with Crippen molar-refractivity contribution in [3.8, 4) is 0 Å². The number of halogens is 3. The Morgan fingerprint density at radius 1 is 1.36 bits per heavy atom. The molecule has 0 spiro atoms. The van der Waals surface area contributed by atoms with Crippen LogP contribution in [0.1, 0.15) is 24.1 Å². The van der Waals surface area contributed by atoms with Crippen molar-refractivity contribution in [2.75, 3.05) is 40.3 Å². The van der Waals surface area contributed by atoms with Gasteiger partial charge in [-0.15, -0.1) is 0 Å². The van der Waals surface area contributed by atoms with E-state index in [9.17, 15) is 13.2 Å². The van der Waals surface area contributed by atoms with Gasteiger partial charge in [-0.05, 0) is 38.7 Å². The summed E-state index contributed by atoms with van der Waals surface area (Å²) in [6.07, 6.45) is -4.30. The van der Waals surface area contributed by atoms with Gasteiger partial charge < -0.3 is 10.2 Å². The van der Waals surface area contributed by atoms with Crippen LogP contribution in [0.25, 0.3) is 0 Å². The number of likely N-dealkylation sites (N-methyl/N-ethyl adjacent to an activating group) is 1. The first-order chi connectivity index (χ1) is 10.3. The molecule has 6 heteroatoms. The Morgan fingerprint density at radius 3 is 2.68 bits per heavy atom. The Bertz CT molecular complexity index is 488. The Kier molecular flexibility index (Phi) is 5.47. The van der Waals surface area contributed by atoms with Crippen molar-refractivity contribution in [2.45, 2.75) is 25.2 Å². The fourth-order valence-corrected chi connectivity index (χ4v) is 2.99. The number of piperazine rings is 1. The van der Waals surface area contributed by atoms with Crippen LogP contribution >= 0.6 is 0 Å². The summed E-state index contributed by atoms with van der Waals surface area (Å²) >= 11 is 0. The lowest BCUT2D eigenvalue weighted by molar-refractivity contribution is -0.137. The quantitative estimate of drug-likeness (QED) is 0.921. The molecule has 1 fully saturated rings. The van der Waals surface area contributed by atoms with Gasteiger partial charge in [0, 0.05) is 38.3 Å². The van der Waals surface area contributed by atoms with E-state index in [4.69, 9.17) is 0 Å². The molecule has 124 valence electrons.